The van der Waals surface area contributed by atoms with Crippen molar-refractivity contribution in [1.29, 1.82) is 0 Å². The van der Waals surface area contributed by atoms with Crippen molar-refractivity contribution < 1.29 is 50.7 Å². The van der Waals surface area contributed by atoms with Gasteiger partial charge in [0, 0.05) is 46.9 Å². The number of hydrogen-bond donors (Lipinski definition) is 1. The monoisotopic (exact) mass is 422 g/mol. The first-order valence-corrected chi connectivity index (χ1v) is 8.33. The van der Waals surface area contributed by atoms with Crippen LogP contribution in [0, 0.1) is 40.8 Å². The van der Waals surface area contributed by atoms with Crippen LogP contribution in [-0.4, -0.2) is 11.1 Å². The van der Waals surface area contributed by atoms with E-state index in [0.29, 0.717) is 0 Å². The van der Waals surface area contributed by atoms with Crippen LogP contribution in [-0.2, 0) is 4.79 Å². The third kappa shape index (κ3) is 22.7. The Bertz CT molecular complexity index is 272. The summed E-state index contributed by atoms with van der Waals surface area (Å²) in [5.41, 5.74) is 0. The van der Waals surface area contributed by atoms with Crippen LogP contribution in [0.15, 0.2) is 24.3 Å². The first-order valence-electron chi connectivity index (χ1n) is 8.33. The molecule has 0 amide bonds. The molecule has 3 heteroatoms. The van der Waals surface area contributed by atoms with Crippen molar-refractivity contribution in [1.82, 2.24) is 0 Å². The van der Waals surface area contributed by atoms with Gasteiger partial charge in [0.15, 0.2) is 0 Å². The van der Waals surface area contributed by atoms with Crippen LogP contribution in [0.2, 0.25) is 0 Å². The molecule has 0 aliphatic rings. The normalized spacial score (nSPS) is 11.1. The number of allylic oxidation sites excluding steroid dienone is 3. The maximum atomic E-state index is 10.2. The number of rotatable bonds is 14. The Morgan fingerprint density at radius 3 is 1.76 bits per heavy atom. The largest absolute Gasteiger partial charge is 0.478 e. The zero-order valence-electron chi connectivity index (χ0n) is 13.7. The van der Waals surface area contributed by atoms with E-state index in [0.717, 1.165) is 12.5 Å². The molecule has 0 aromatic rings. The first kappa shape index (κ1) is 23.6. The fourth-order valence-corrected chi connectivity index (χ4v) is 2.24. The van der Waals surface area contributed by atoms with Crippen molar-refractivity contribution in [2.45, 2.75) is 84.0 Å². The molecular formula is C18H32NdO2. The SMILES string of the molecule is CCCCCCCCCCCCCC=CC=CC(=O)O.[Nd]. The predicted octanol–water partition coefficient (Wildman–Crippen LogP) is 5.88. The Morgan fingerprint density at radius 2 is 1.29 bits per heavy atom. The molecule has 0 saturated heterocycles. The van der Waals surface area contributed by atoms with Crippen LogP contribution in [0.4, 0.5) is 0 Å². The van der Waals surface area contributed by atoms with Crippen molar-refractivity contribution >= 4 is 5.97 Å². The summed E-state index contributed by atoms with van der Waals surface area (Å²) in [5.74, 6) is -0.885. The van der Waals surface area contributed by atoms with Gasteiger partial charge in [-0.25, -0.2) is 4.79 Å². The minimum Gasteiger partial charge on any atom is -0.478 e. The molecule has 0 aliphatic heterocycles. The molecule has 0 aromatic heterocycles. The van der Waals surface area contributed by atoms with Gasteiger partial charge in [0.2, 0.25) is 0 Å². The first-order chi connectivity index (χ1) is 9.77. The fourth-order valence-electron chi connectivity index (χ4n) is 2.24. The van der Waals surface area contributed by atoms with E-state index in [1.165, 1.54) is 70.6 Å². The molecule has 0 aromatic carbocycles. The summed E-state index contributed by atoms with van der Waals surface area (Å²) in [6.45, 7) is 2.26. The summed E-state index contributed by atoms with van der Waals surface area (Å²) in [5, 5.41) is 8.40. The molecule has 21 heavy (non-hydrogen) atoms. The van der Waals surface area contributed by atoms with Crippen LogP contribution >= 0.6 is 0 Å². The summed E-state index contributed by atoms with van der Waals surface area (Å²) >= 11 is 0. The summed E-state index contributed by atoms with van der Waals surface area (Å²) in [6.07, 6.45) is 22.7. The fraction of sp³-hybridized carbons (Fsp3) is 0.722. The molecule has 0 radical (unpaired) electrons. The van der Waals surface area contributed by atoms with E-state index < -0.39 is 5.97 Å². The van der Waals surface area contributed by atoms with Crippen LogP contribution in [0.25, 0.3) is 0 Å². The molecule has 0 unspecified atom stereocenters. The van der Waals surface area contributed by atoms with Crippen molar-refractivity contribution in [2.24, 2.45) is 0 Å². The third-order valence-corrected chi connectivity index (χ3v) is 3.46. The number of carboxylic acid groups (broad SMARTS) is 1. The maximum Gasteiger partial charge on any atom is 0.328 e. The summed E-state index contributed by atoms with van der Waals surface area (Å²) in [6, 6.07) is 0. The quantitative estimate of drug-likeness (QED) is 0.215. The summed E-state index contributed by atoms with van der Waals surface area (Å²) in [7, 11) is 0. The van der Waals surface area contributed by atoms with E-state index in [4.69, 9.17) is 5.11 Å². The molecule has 0 saturated carbocycles. The van der Waals surface area contributed by atoms with Crippen molar-refractivity contribution in [3.63, 3.8) is 0 Å². The van der Waals surface area contributed by atoms with E-state index in [2.05, 4.69) is 6.92 Å². The topological polar surface area (TPSA) is 37.3 Å². The van der Waals surface area contributed by atoms with E-state index in [9.17, 15) is 4.79 Å². The Labute approximate surface area is 164 Å². The minimum atomic E-state index is -0.885. The van der Waals surface area contributed by atoms with Crippen LogP contribution < -0.4 is 0 Å². The molecule has 0 atom stereocenters. The maximum absolute atomic E-state index is 10.2. The van der Waals surface area contributed by atoms with Crippen LogP contribution in [0.1, 0.15) is 84.0 Å². The zero-order chi connectivity index (χ0) is 14.9. The van der Waals surface area contributed by atoms with Gasteiger partial charge in [0.1, 0.15) is 0 Å². The molecular weight excluding hydrogens is 392 g/mol. The Kier molecular flexibility index (Phi) is 22.8. The van der Waals surface area contributed by atoms with Crippen molar-refractivity contribution in [3.8, 4) is 0 Å². The van der Waals surface area contributed by atoms with Gasteiger partial charge in [-0.1, -0.05) is 89.4 Å². The van der Waals surface area contributed by atoms with Gasteiger partial charge < -0.3 is 5.11 Å². The Balaban J connectivity index is 0. The van der Waals surface area contributed by atoms with Crippen LogP contribution in [0.3, 0.4) is 0 Å². The Hall–Kier alpha value is 0.301. The summed E-state index contributed by atoms with van der Waals surface area (Å²) in [4.78, 5) is 10.2. The van der Waals surface area contributed by atoms with Crippen molar-refractivity contribution in [2.75, 3.05) is 0 Å². The van der Waals surface area contributed by atoms with Gasteiger partial charge in [-0.05, 0) is 12.8 Å². The van der Waals surface area contributed by atoms with E-state index in [1.807, 2.05) is 12.2 Å². The molecule has 120 valence electrons. The summed E-state index contributed by atoms with van der Waals surface area (Å²) < 4.78 is 0. The van der Waals surface area contributed by atoms with Gasteiger partial charge >= 0.3 is 5.97 Å². The van der Waals surface area contributed by atoms with Crippen LogP contribution in [0.5, 0.6) is 0 Å². The number of aliphatic carboxylic acids is 1. The third-order valence-electron chi connectivity index (χ3n) is 3.46. The number of hydrogen-bond acceptors (Lipinski definition) is 1. The average molecular weight is 425 g/mol. The van der Waals surface area contributed by atoms with Gasteiger partial charge in [0.25, 0.3) is 0 Å². The van der Waals surface area contributed by atoms with E-state index in [-0.39, 0.29) is 40.8 Å². The number of unbranched alkanes of at least 4 members (excludes halogenated alkanes) is 11. The predicted molar refractivity (Wildman–Crippen MR) is 87.0 cm³/mol. The van der Waals surface area contributed by atoms with Crippen molar-refractivity contribution in [3.05, 3.63) is 24.3 Å². The van der Waals surface area contributed by atoms with Gasteiger partial charge in [-0.2, -0.15) is 0 Å². The molecule has 0 heterocycles. The second-order valence-corrected chi connectivity index (χ2v) is 5.45. The number of carboxylic acids is 1. The molecule has 0 fully saturated rings. The smallest absolute Gasteiger partial charge is 0.328 e. The van der Waals surface area contributed by atoms with Gasteiger partial charge in [0.05, 0.1) is 0 Å². The second-order valence-electron chi connectivity index (χ2n) is 5.45. The van der Waals surface area contributed by atoms with Gasteiger partial charge in [-0.3, -0.25) is 0 Å². The molecule has 0 spiro atoms. The molecule has 0 rings (SSSR count). The van der Waals surface area contributed by atoms with E-state index >= 15 is 0 Å². The number of carbonyl (C=O) groups is 1. The van der Waals surface area contributed by atoms with Gasteiger partial charge in [-0.15, -0.1) is 0 Å². The zero-order valence-corrected chi connectivity index (χ0v) is 16.9. The standard InChI is InChI=1S/C18H32O2.Nd/c1-2-3-4-5-6-7-8-9-10-11-12-13-14-15-16-17-18(19)20;/h14-17H,2-13H2,1H3,(H,19,20);. The van der Waals surface area contributed by atoms with E-state index in [1.54, 1.807) is 6.08 Å². The Morgan fingerprint density at radius 1 is 0.810 bits per heavy atom. The minimum absolute atomic E-state index is 0. The average Bonchev–Trinajstić information content (AvgIpc) is 2.43. The second kappa shape index (κ2) is 20.3. The molecule has 1 N–H and O–H groups in total. The molecule has 0 aliphatic carbocycles. The molecule has 2 nitrogen and oxygen atoms in total. The molecule has 0 bridgehead atoms.